The normalized spacial score (nSPS) is 22.3. The van der Waals surface area contributed by atoms with Gasteiger partial charge in [-0.2, -0.15) is 0 Å². The number of aryl methyl sites for hydroxylation is 1. The maximum Gasteiger partial charge on any atom is 0.290 e. The van der Waals surface area contributed by atoms with Crippen LogP contribution in [-0.2, 0) is 24.2 Å². The highest BCUT2D eigenvalue weighted by Crippen LogP contribution is 2.28. The van der Waals surface area contributed by atoms with E-state index < -0.39 is 15.8 Å². The highest BCUT2D eigenvalue weighted by atomic mass is 32.2. The zero-order chi connectivity index (χ0) is 18.6. The Morgan fingerprint density at radius 3 is 2.44 bits per heavy atom. The van der Waals surface area contributed by atoms with E-state index in [-0.39, 0.29) is 55.8 Å². The highest BCUT2D eigenvalue weighted by molar-refractivity contribution is 7.91. The zero-order valence-corrected chi connectivity index (χ0v) is 15.1. The molecule has 0 aromatic carbocycles. The summed E-state index contributed by atoms with van der Waals surface area (Å²) in [6.45, 7) is 2.27. The van der Waals surface area contributed by atoms with E-state index in [4.69, 9.17) is 9.90 Å². The Hall–Kier alpha value is -2.08. The fourth-order valence-electron chi connectivity index (χ4n) is 2.64. The molecule has 2 aliphatic rings. The van der Waals surface area contributed by atoms with Crippen LogP contribution in [0.2, 0.25) is 0 Å². The molecule has 1 atom stereocenters. The lowest BCUT2D eigenvalue weighted by Crippen LogP contribution is -2.46. The largest absolute Gasteiger partial charge is 0.483 e. The molecule has 2 saturated heterocycles. The van der Waals surface area contributed by atoms with E-state index in [0.717, 1.165) is 5.01 Å². The molecule has 2 fully saturated rings. The van der Waals surface area contributed by atoms with Gasteiger partial charge in [0, 0.05) is 26.1 Å². The van der Waals surface area contributed by atoms with Gasteiger partial charge in [0.05, 0.1) is 17.4 Å². The highest BCUT2D eigenvalue weighted by Gasteiger charge is 2.39. The van der Waals surface area contributed by atoms with Gasteiger partial charge >= 0.3 is 0 Å². The number of rotatable bonds is 2. The average Bonchev–Trinajstić information content (AvgIpc) is 3.13. The second kappa shape index (κ2) is 7.87. The molecule has 2 aliphatic heterocycles. The first kappa shape index (κ1) is 19.2. The van der Waals surface area contributed by atoms with Gasteiger partial charge in [0.1, 0.15) is 5.01 Å². The quantitative estimate of drug-likeness (QED) is 0.645. The van der Waals surface area contributed by atoms with Crippen LogP contribution in [0.3, 0.4) is 0 Å². The number of carboxylic acid groups (broad SMARTS) is 1. The molecule has 1 aromatic heterocycles. The smallest absolute Gasteiger partial charge is 0.290 e. The summed E-state index contributed by atoms with van der Waals surface area (Å²) in [5.41, 5.74) is 0. The van der Waals surface area contributed by atoms with Crippen molar-refractivity contribution in [2.75, 3.05) is 36.0 Å². The number of nitrogens with zero attached hydrogens (tertiary/aromatic N) is 4. The van der Waals surface area contributed by atoms with E-state index in [1.54, 1.807) is 11.8 Å². The van der Waals surface area contributed by atoms with Gasteiger partial charge in [-0.1, -0.05) is 11.3 Å². The first-order valence-corrected chi connectivity index (χ1v) is 10.1. The molecule has 3 rings (SSSR count). The van der Waals surface area contributed by atoms with Crippen LogP contribution in [0, 0.1) is 12.8 Å². The van der Waals surface area contributed by atoms with Gasteiger partial charge < -0.3 is 10.0 Å². The van der Waals surface area contributed by atoms with Crippen molar-refractivity contribution in [1.29, 1.82) is 0 Å². The Balaban J connectivity index is 0.000000701. The number of anilines is 1. The molecule has 10 nitrogen and oxygen atoms in total. The average molecular weight is 390 g/mol. The van der Waals surface area contributed by atoms with Crippen LogP contribution < -0.4 is 4.90 Å². The molecule has 138 valence electrons. The molecule has 1 aromatic rings. The lowest BCUT2D eigenvalue weighted by Gasteiger charge is -2.28. The summed E-state index contributed by atoms with van der Waals surface area (Å²) < 4.78 is 22.8. The minimum atomic E-state index is -3.02. The minimum Gasteiger partial charge on any atom is -0.483 e. The summed E-state index contributed by atoms with van der Waals surface area (Å²) in [5, 5.41) is 16.0. The molecule has 0 radical (unpaired) electrons. The third-order valence-corrected chi connectivity index (χ3v) is 6.35. The van der Waals surface area contributed by atoms with Crippen LogP contribution in [0.4, 0.5) is 5.13 Å². The van der Waals surface area contributed by atoms with E-state index in [0.29, 0.717) is 5.13 Å². The number of hydrogen-bond donors (Lipinski definition) is 1. The first-order chi connectivity index (χ1) is 11.8. The van der Waals surface area contributed by atoms with Crippen molar-refractivity contribution in [3.8, 4) is 0 Å². The van der Waals surface area contributed by atoms with E-state index in [9.17, 15) is 18.0 Å². The number of hydrogen-bond acceptors (Lipinski definition) is 8. The third-order valence-electron chi connectivity index (χ3n) is 3.88. The topological polar surface area (TPSA) is 138 Å². The van der Waals surface area contributed by atoms with Gasteiger partial charge in [-0.25, -0.2) is 8.42 Å². The van der Waals surface area contributed by atoms with E-state index in [1.165, 1.54) is 16.2 Å². The Kier molecular flexibility index (Phi) is 6.06. The summed E-state index contributed by atoms with van der Waals surface area (Å²) in [5.74, 6) is -0.721. The standard InChI is InChI=1S/C12H16N4O4S2.CH2O2/c1-8-13-14-12(21-8)16-7-9(6-10(16)17)11(18)15-2-4-22(19,20)5-3-15;2-1-3/h9H,2-7H2,1H3;1H,(H,2,3). The minimum absolute atomic E-state index is 0.00127. The maximum absolute atomic E-state index is 12.5. The monoisotopic (exact) mass is 390 g/mol. The third kappa shape index (κ3) is 4.72. The van der Waals surface area contributed by atoms with Crippen molar-refractivity contribution < 1.29 is 27.9 Å². The SMILES string of the molecule is Cc1nnc(N2CC(C(=O)N3CCS(=O)(=O)CC3)CC2=O)s1.O=CO. The van der Waals surface area contributed by atoms with Gasteiger partial charge in [0.25, 0.3) is 6.47 Å². The molecule has 25 heavy (non-hydrogen) atoms. The number of sulfone groups is 1. The van der Waals surface area contributed by atoms with E-state index in [2.05, 4.69) is 10.2 Å². The summed E-state index contributed by atoms with van der Waals surface area (Å²) in [4.78, 5) is 35.9. The van der Waals surface area contributed by atoms with Crippen molar-refractivity contribution >= 4 is 44.6 Å². The lowest BCUT2D eigenvalue weighted by atomic mass is 10.1. The van der Waals surface area contributed by atoms with Gasteiger partial charge in [0.2, 0.25) is 16.9 Å². The molecular formula is C13H18N4O6S2. The molecule has 3 heterocycles. The molecule has 0 spiro atoms. The van der Waals surface area contributed by atoms with Crippen LogP contribution in [0.25, 0.3) is 0 Å². The molecule has 0 bridgehead atoms. The van der Waals surface area contributed by atoms with Crippen molar-refractivity contribution in [3.63, 3.8) is 0 Å². The first-order valence-electron chi connectivity index (χ1n) is 7.45. The van der Waals surface area contributed by atoms with Crippen molar-refractivity contribution in [2.24, 2.45) is 5.92 Å². The van der Waals surface area contributed by atoms with Crippen molar-refractivity contribution in [3.05, 3.63) is 5.01 Å². The molecule has 0 aliphatic carbocycles. The summed E-state index contributed by atoms with van der Waals surface area (Å²) in [6, 6.07) is 0. The Labute approximate surface area is 148 Å². The Bertz CT molecular complexity index is 748. The van der Waals surface area contributed by atoms with Crippen molar-refractivity contribution in [2.45, 2.75) is 13.3 Å². The van der Waals surface area contributed by atoms with Crippen LogP contribution in [0.1, 0.15) is 11.4 Å². The molecule has 1 N–H and O–H groups in total. The summed E-state index contributed by atoms with van der Waals surface area (Å²) >= 11 is 1.32. The molecule has 12 heteroatoms. The molecular weight excluding hydrogens is 372 g/mol. The number of amides is 2. The van der Waals surface area contributed by atoms with E-state index in [1.807, 2.05) is 0 Å². The lowest BCUT2D eigenvalue weighted by molar-refractivity contribution is -0.135. The molecule has 2 amide bonds. The summed E-state index contributed by atoms with van der Waals surface area (Å²) in [6.07, 6.45) is 0.140. The second-order valence-electron chi connectivity index (χ2n) is 5.59. The van der Waals surface area contributed by atoms with Gasteiger partial charge in [0.15, 0.2) is 9.84 Å². The predicted octanol–water partition coefficient (Wildman–Crippen LogP) is -0.843. The Morgan fingerprint density at radius 2 is 1.92 bits per heavy atom. The van der Waals surface area contributed by atoms with Crippen LogP contribution >= 0.6 is 11.3 Å². The predicted molar refractivity (Wildman–Crippen MR) is 89.0 cm³/mol. The fraction of sp³-hybridized carbons (Fsp3) is 0.615. The van der Waals surface area contributed by atoms with Gasteiger partial charge in [-0.3, -0.25) is 19.3 Å². The molecule has 0 saturated carbocycles. The zero-order valence-electron chi connectivity index (χ0n) is 13.5. The van der Waals surface area contributed by atoms with Crippen LogP contribution in [0.15, 0.2) is 0 Å². The Morgan fingerprint density at radius 1 is 1.32 bits per heavy atom. The fourth-order valence-corrected chi connectivity index (χ4v) is 4.56. The van der Waals surface area contributed by atoms with Crippen LogP contribution in [0.5, 0.6) is 0 Å². The second-order valence-corrected chi connectivity index (χ2v) is 9.06. The van der Waals surface area contributed by atoms with Crippen LogP contribution in [-0.4, -0.2) is 78.0 Å². The number of aromatic nitrogens is 2. The maximum atomic E-state index is 12.5. The van der Waals surface area contributed by atoms with Gasteiger partial charge in [-0.15, -0.1) is 10.2 Å². The molecule has 1 unspecified atom stereocenters. The van der Waals surface area contributed by atoms with Gasteiger partial charge in [-0.05, 0) is 6.92 Å². The van der Waals surface area contributed by atoms with Crippen molar-refractivity contribution in [1.82, 2.24) is 15.1 Å². The summed E-state index contributed by atoms with van der Waals surface area (Å²) in [7, 11) is -3.02. The van der Waals surface area contributed by atoms with E-state index >= 15 is 0 Å². The number of carbonyl (C=O) groups is 3. The number of carbonyl (C=O) groups excluding carboxylic acids is 2.